The quantitative estimate of drug-likeness (QED) is 0.184. The molecule has 47 heavy (non-hydrogen) atoms. The highest BCUT2D eigenvalue weighted by molar-refractivity contribution is 6.36. The van der Waals surface area contributed by atoms with Crippen LogP contribution in [0.5, 0.6) is 17.2 Å². The molecule has 3 aromatic carbocycles. The van der Waals surface area contributed by atoms with E-state index < -0.39 is 58.6 Å². The summed E-state index contributed by atoms with van der Waals surface area (Å²) in [5.41, 5.74) is 2.88. The number of hydroxylamine groups is 2. The highest BCUT2D eigenvalue weighted by Gasteiger charge is 2.70. The second-order valence-corrected chi connectivity index (χ2v) is 12.9. The minimum absolute atomic E-state index is 0.00419. The van der Waals surface area contributed by atoms with Gasteiger partial charge in [-0.15, -0.1) is 0 Å². The number of aromatic hydroxyl groups is 1. The van der Waals surface area contributed by atoms with Crippen molar-refractivity contribution in [3.63, 3.8) is 0 Å². The number of hydrazine groups is 1. The Morgan fingerprint density at radius 3 is 2.34 bits per heavy atom. The standard InChI is InChI=1S/C34H29Cl2N3O8/c1-46-18-9-6-16(7-10-18)34-23(31(42)38(33(34)44)37-25-13-8-17(35)14-24(25)36)15-22-19(11-12-20-27(22)32(43)39(45)30(20)41)28(34)21-4-3-5-26(47-2)29(21)40/h3-11,13-14,20,22-23,27-28,37,40,45H,12,15H2,1-2H3. The predicted molar refractivity (Wildman–Crippen MR) is 169 cm³/mol. The maximum absolute atomic E-state index is 15.2. The van der Waals surface area contributed by atoms with Crippen molar-refractivity contribution in [3.05, 3.63) is 93.5 Å². The number of para-hydroxylation sites is 1. The van der Waals surface area contributed by atoms with Crippen LogP contribution in [0.15, 0.2) is 72.3 Å². The normalized spacial score (nSPS) is 28.1. The van der Waals surface area contributed by atoms with E-state index >= 15 is 4.79 Å². The minimum atomic E-state index is -1.65. The topological polar surface area (TPSA) is 146 Å². The van der Waals surface area contributed by atoms with Crippen molar-refractivity contribution < 1.29 is 39.0 Å². The zero-order valence-electron chi connectivity index (χ0n) is 25.1. The third kappa shape index (κ3) is 4.37. The molecule has 1 saturated carbocycles. The van der Waals surface area contributed by atoms with Gasteiger partial charge in [0.15, 0.2) is 11.5 Å². The Morgan fingerprint density at radius 2 is 1.66 bits per heavy atom. The lowest BCUT2D eigenvalue weighted by Gasteiger charge is -2.50. The number of phenolic OH excluding ortho intramolecular Hbond substituents is 1. The first kappa shape index (κ1) is 31.0. The maximum atomic E-state index is 15.2. The summed E-state index contributed by atoms with van der Waals surface area (Å²) < 4.78 is 10.9. The van der Waals surface area contributed by atoms with Gasteiger partial charge in [0.25, 0.3) is 23.6 Å². The number of imide groups is 2. The van der Waals surface area contributed by atoms with E-state index in [9.17, 15) is 24.7 Å². The van der Waals surface area contributed by atoms with Gasteiger partial charge in [-0.05, 0) is 60.7 Å². The van der Waals surface area contributed by atoms with Gasteiger partial charge in [0.2, 0.25) is 0 Å². The Bertz CT molecular complexity index is 1880. The average Bonchev–Trinajstić information content (AvgIpc) is 3.42. The Morgan fingerprint density at radius 1 is 0.915 bits per heavy atom. The van der Waals surface area contributed by atoms with E-state index in [2.05, 4.69) is 5.43 Å². The van der Waals surface area contributed by atoms with Crippen molar-refractivity contribution in [1.29, 1.82) is 0 Å². The van der Waals surface area contributed by atoms with Gasteiger partial charge in [0.05, 0.1) is 48.1 Å². The molecule has 2 saturated heterocycles. The Labute approximate surface area is 279 Å². The number of carbonyl (C=O) groups excluding carboxylic acids is 4. The molecule has 2 aliphatic heterocycles. The lowest BCUT2D eigenvalue weighted by atomic mass is 9.49. The van der Waals surface area contributed by atoms with Crippen LogP contribution in [-0.4, -0.2) is 58.2 Å². The zero-order chi connectivity index (χ0) is 33.4. The number of allylic oxidation sites excluding steroid dienone is 2. The summed E-state index contributed by atoms with van der Waals surface area (Å²) in [7, 11) is 2.91. The van der Waals surface area contributed by atoms with Crippen molar-refractivity contribution in [1.82, 2.24) is 10.1 Å². The monoisotopic (exact) mass is 677 g/mol. The molecule has 3 fully saturated rings. The molecule has 6 unspecified atom stereocenters. The maximum Gasteiger partial charge on any atom is 0.260 e. The molecular formula is C34H29Cl2N3O8. The van der Waals surface area contributed by atoms with E-state index in [1.54, 1.807) is 54.6 Å². The van der Waals surface area contributed by atoms with Crippen molar-refractivity contribution in [2.45, 2.75) is 24.2 Å². The van der Waals surface area contributed by atoms with Crippen LogP contribution in [0.25, 0.3) is 0 Å². The van der Waals surface area contributed by atoms with E-state index in [1.165, 1.54) is 20.3 Å². The molecule has 6 atom stereocenters. The summed E-state index contributed by atoms with van der Waals surface area (Å²) in [5, 5.41) is 23.6. The number of nitrogens with one attached hydrogen (secondary N) is 1. The summed E-state index contributed by atoms with van der Waals surface area (Å²) in [4.78, 5) is 56.1. The lowest BCUT2D eigenvalue weighted by Crippen LogP contribution is -2.53. The number of phenols is 1. The average molecular weight is 679 g/mol. The molecule has 0 aromatic heterocycles. The first-order valence-electron chi connectivity index (χ1n) is 14.9. The van der Waals surface area contributed by atoms with E-state index in [0.717, 1.165) is 5.01 Å². The first-order chi connectivity index (χ1) is 22.5. The molecule has 0 bridgehead atoms. The fourth-order valence-electron chi connectivity index (χ4n) is 8.11. The molecule has 0 radical (unpaired) electrons. The molecule has 0 spiro atoms. The van der Waals surface area contributed by atoms with Gasteiger partial charge in [-0.2, -0.15) is 10.1 Å². The van der Waals surface area contributed by atoms with E-state index in [0.29, 0.717) is 27.5 Å². The van der Waals surface area contributed by atoms with Crippen LogP contribution in [0, 0.1) is 23.7 Å². The number of fused-ring (bicyclic) bond motifs is 4. The third-order valence-corrected chi connectivity index (χ3v) is 10.7. The van der Waals surface area contributed by atoms with Crippen molar-refractivity contribution in [2.24, 2.45) is 23.7 Å². The number of nitrogens with zero attached hydrogens (tertiary/aromatic N) is 2. The number of halogens is 2. The van der Waals surface area contributed by atoms with Crippen LogP contribution >= 0.6 is 23.2 Å². The number of anilines is 1. The van der Waals surface area contributed by atoms with Gasteiger partial charge in [-0.1, -0.05) is 59.1 Å². The highest BCUT2D eigenvalue weighted by atomic mass is 35.5. The highest BCUT2D eigenvalue weighted by Crippen LogP contribution is 2.65. The molecule has 2 aliphatic carbocycles. The molecule has 242 valence electrons. The second kappa shape index (κ2) is 11.3. The van der Waals surface area contributed by atoms with Crippen LogP contribution in [0.4, 0.5) is 5.69 Å². The molecular weight excluding hydrogens is 649 g/mol. The molecule has 11 nitrogen and oxygen atoms in total. The van der Waals surface area contributed by atoms with Gasteiger partial charge >= 0.3 is 0 Å². The summed E-state index contributed by atoms with van der Waals surface area (Å²) >= 11 is 12.6. The molecule has 4 amide bonds. The van der Waals surface area contributed by atoms with Crippen molar-refractivity contribution >= 4 is 52.5 Å². The summed E-state index contributed by atoms with van der Waals surface area (Å²) in [6, 6.07) is 16.3. The van der Waals surface area contributed by atoms with Crippen molar-refractivity contribution in [3.8, 4) is 17.2 Å². The minimum Gasteiger partial charge on any atom is -0.504 e. The molecule has 2 heterocycles. The Balaban J connectivity index is 1.50. The number of ether oxygens (including phenoxy) is 2. The van der Waals surface area contributed by atoms with Gasteiger partial charge in [0.1, 0.15) is 5.75 Å². The SMILES string of the molecule is COc1ccc(C23C(=O)N(Nc4ccc(Cl)cc4Cl)C(=O)C2CC2C(=CCC4C(=O)N(O)C(=O)C42)C3c2cccc(OC)c2O)cc1. The number of amides is 4. The smallest absolute Gasteiger partial charge is 0.260 e. The number of rotatable bonds is 6. The fraction of sp³-hybridized carbons (Fsp3) is 0.294. The summed E-state index contributed by atoms with van der Waals surface area (Å²) in [6.45, 7) is 0. The third-order valence-electron chi connectivity index (χ3n) is 10.1. The van der Waals surface area contributed by atoms with E-state index in [-0.39, 0.29) is 40.1 Å². The molecule has 7 rings (SSSR count). The van der Waals surface area contributed by atoms with Crippen molar-refractivity contribution in [2.75, 3.05) is 19.6 Å². The second-order valence-electron chi connectivity index (χ2n) is 12.1. The number of benzene rings is 3. The summed E-state index contributed by atoms with van der Waals surface area (Å²) in [6.07, 6.45) is 1.93. The fourth-order valence-corrected chi connectivity index (χ4v) is 8.56. The molecule has 13 heteroatoms. The van der Waals surface area contributed by atoms with Gasteiger partial charge < -0.3 is 14.6 Å². The van der Waals surface area contributed by atoms with Crippen LogP contribution < -0.4 is 14.9 Å². The number of carbonyl (C=O) groups is 4. The summed E-state index contributed by atoms with van der Waals surface area (Å²) in [5.74, 6) is -6.86. The molecule has 4 aliphatic rings. The van der Waals surface area contributed by atoms with Crippen LogP contribution in [-0.2, 0) is 24.6 Å². The van der Waals surface area contributed by atoms with Crippen LogP contribution in [0.2, 0.25) is 10.0 Å². The number of methoxy groups -OCH3 is 2. The van der Waals surface area contributed by atoms with E-state index in [1.807, 2.05) is 6.08 Å². The van der Waals surface area contributed by atoms with Crippen LogP contribution in [0.1, 0.15) is 29.9 Å². The molecule has 3 aromatic rings. The lowest BCUT2D eigenvalue weighted by molar-refractivity contribution is -0.173. The van der Waals surface area contributed by atoms with Gasteiger partial charge in [-0.3, -0.25) is 29.8 Å². The zero-order valence-corrected chi connectivity index (χ0v) is 26.7. The van der Waals surface area contributed by atoms with E-state index in [4.69, 9.17) is 32.7 Å². The Kier molecular flexibility index (Phi) is 7.46. The van der Waals surface area contributed by atoms with Gasteiger partial charge in [0, 0.05) is 16.5 Å². The largest absolute Gasteiger partial charge is 0.504 e. The number of hydrogen-bond acceptors (Lipinski definition) is 9. The number of hydrogen-bond donors (Lipinski definition) is 3. The predicted octanol–water partition coefficient (Wildman–Crippen LogP) is 5.09. The van der Waals surface area contributed by atoms with Crippen LogP contribution in [0.3, 0.4) is 0 Å². The Hall–Kier alpha value is -4.58. The first-order valence-corrected chi connectivity index (χ1v) is 15.7. The van der Waals surface area contributed by atoms with Gasteiger partial charge in [-0.25, -0.2) is 0 Å². The molecule has 3 N–H and O–H groups in total.